The third kappa shape index (κ3) is 2.43. The van der Waals surface area contributed by atoms with Gasteiger partial charge >= 0.3 is 0 Å². The second-order valence-electron chi connectivity index (χ2n) is 4.66. The Kier molecular flexibility index (Phi) is 3.39. The zero-order chi connectivity index (χ0) is 13.4. The fourth-order valence-electron chi connectivity index (χ4n) is 2.32. The highest BCUT2D eigenvalue weighted by molar-refractivity contribution is 9.10. The van der Waals surface area contributed by atoms with E-state index in [0.717, 1.165) is 15.6 Å². The molecule has 98 valence electrons. The molecular weight excluding hydrogens is 309 g/mol. The minimum absolute atomic E-state index is 0.279. The van der Waals surface area contributed by atoms with Crippen LogP contribution in [0.2, 0.25) is 0 Å². The van der Waals surface area contributed by atoms with Gasteiger partial charge in [-0.05, 0) is 40.5 Å². The van der Waals surface area contributed by atoms with Gasteiger partial charge in [-0.25, -0.2) is 4.39 Å². The minimum Gasteiger partial charge on any atom is -0.372 e. The highest BCUT2D eigenvalue weighted by Crippen LogP contribution is 2.30. The molecule has 1 heterocycles. The predicted molar refractivity (Wildman–Crippen MR) is 75.1 cm³/mol. The number of nitrogens with two attached hydrogens (primary N) is 1. The van der Waals surface area contributed by atoms with Crippen molar-refractivity contribution in [3.63, 3.8) is 0 Å². The number of benzene rings is 2. The molecule has 2 N–H and O–H groups in total. The first-order valence-electron chi connectivity index (χ1n) is 6.05. The summed E-state index contributed by atoms with van der Waals surface area (Å²) in [5.41, 5.74) is 10.3. The van der Waals surface area contributed by atoms with Gasteiger partial charge in [-0.2, -0.15) is 0 Å². The Labute approximate surface area is 119 Å². The number of ether oxygens (including phenoxy) is 1. The molecule has 2 aromatic rings. The summed E-state index contributed by atoms with van der Waals surface area (Å²) in [6.07, 6.45) is 0. The number of rotatable bonds is 2. The molecule has 0 radical (unpaired) electrons. The lowest BCUT2D eigenvalue weighted by Crippen LogP contribution is -2.13. The Morgan fingerprint density at radius 3 is 2.74 bits per heavy atom. The van der Waals surface area contributed by atoms with Crippen LogP contribution < -0.4 is 5.73 Å². The van der Waals surface area contributed by atoms with E-state index in [0.29, 0.717) is 13.2 Å². The van der Waals surface area contributed by atoms with Gasteiger partial charge in [0.15, 0.2) is 0 Å². The summed E-state index contributed by atoms with van der Waals surface area (Å²) >= 11 is 3.42. The van der Waals surface area contributed by atoms with Crippen molar-refractivity contribution in [2.45, 2.75) is 19.3 Å². The maximum absolute atomic E-state index is 13.3. The third-order valence-corrected chi connectivity index (χ3v) is 4.12. The van der Waals surface area contributed by atoms with Crippen LogP contribution in [0.15, 0.2) is 40.9 Å². The van der Waals surface area contributed by atoms with Gasteiger partial charge in [0.05, 0.1) is 19.3 Å². The van der Waals surface area contributed by atoms with Crippen LogP contribution >= 0.6 is 15.9 Å². The maximum Gasteiger partial charge on any atom is 0.123 e. The summed E-state index contributed by atoms with van der Waals surface area (Å²) in [4.78, 5) is 0. The van der Waals surface area contributed by atoms with Gasteiger partial charge in [-0.15, -0.1) is 0 Å². The van der Waals surface area contributed by atoms with Crippen LogP contribution in [0.1, 0.15) is 28.3 Å². The topological polar surface area (TPSA) is 35.2 Å². The zero-order valence-corrected chi connectivity index (χ0v) is 11.8. The molecule has 0 saturated heterocycles. The Morgan fingerprint density at radius 1 is 1.11 bits per heavy atom. The van der Waals surface area contributed by atoms with E-state index in [1.54, 1.807) is 6.07 Å². The Bertz CT molecular complexity index is 630. The largest absolute Gasteiger partial charge is 0.372 e. The number of fused-ring (bicyclic) bond motifs is 1. The second kappa shape index (κ2) is 5.04. The molecule has 0 fully saturated rings. The molecule has 1 unspecified atom stereocenters. The molecule has 0 aromatic heterocycles. The molecule has 2 nitrogen and oxygen atoms in total. The van der Waals surface area contributed by atoms with E-state index >= 15 is 0 Å². The molecule has 1 aliphatic heterocycles. The van der Waals surface area contributed by atoms with Crippen molar-refractivity contribution in [3.8, 4) is 0 Å². The van der Waals surface area contributed by atoms with Crippen molar-refractivity contribution >= 4 is 15.9 Å². The predicted octanol–water partition coefficient (Wildman–Crippen LogP) is 3.67. The van der Waals surface area contributed by atoms with E-state index < -0.39 is 0 Å². The average molecular weight is 322 g/mol. The third-order valence-electron chi connectivity index (χ3n) is 3.40. The van der Waals surface area contributed by atoms with Crippen LogP contribution in [0, 0.1) is 5.82 Å². The van der Waals surface area contributed by atoms with Gasteiger partial charge in [0.1, 0.15) is 5.82 Å². The Balaban J connectivity index is 1.99. The Hall–Kier alpha value is -1.23. The van der Waals surface area contributed by atoms with E-state index in [2.05, 4.69) is 15.9 Å². The van der Waals surface area contributed by atoms with E-state index in [4.69, 9.17) is 10.5 Å². The first-order chi connectivity index (χ1) is 9.15. The molecule has 1 aliphatic rings. The lowest BCUT2D eigenvalue weighted by molar-refractivity contribution is 0.134. The number of hydrogen-bond acceptors (Lipinski definition) is 2. The lowest BCUT2D eigenvalue weighted by Gasteiger charge is -2.15. The van der Waals surface area contributed by atoms with Crippen LogP contribution in [0.25, 0.3) is 0 Å². The number of halogens is 2. The average Bonchev–Trinajstić information content (AvgIpc) is 2.88. The zero-order valence-electron chi connectivity index (χ0n) is 10.2. The summed E-state index contributed by atoms with van der Waals surface area (Å²) in [5.74, 6) is -0.279. The molecule has 1 atom stereocenters. The molecular formula is C15H13BrFNO. The van der Waals surface area contributed by atoms with Crippen molar-refractivity contribution < 1.29 is 9.13 Å². The van der Waals surface area contributed by atoms with Gasteiger partial charge in [0.25, 0.3) is 0 Å². The van der Waals surface area contributed by atoms with Crippen LogP contribution in [-0.4, -0.2) is 0 Å². The molecule has 0 bridgehead atoms. The summed E-state index contributed by atoms with van der Waals surface area (Å²) in [7, 11) is 0. The van der Waals surface area contributed by atoms with Gasteiger partial charge < -0.3 is 10.5 Å². The van der Waals surface area contributed by atoms with E-state index in [-0.39, 0.29) is 11.9 Å². The van der Waals surface area contributed by atoms with Crippen LogP contribution in [0.3, 0.4) is 0 Å². The van der Waals surface area contributed by atoms with E-state index in [9.17, 15) is 4.39 Å². The standard InChI is InChI=1S/C15H13BrFNO/c16-14-4-3-12(17)6-13(14)15(18)9-1-2-10-7-19-8-11(10)5-9/h1-6,15H,7-8,18H2. The fraction of sp³-hybridized carbons (Fsp3) is 0.200. The summed E-state index contributed by atoms with van der Waals surface area (Å²) in [5, 5.41) is 0. The van der Waals surface area contributed by atoms with Gasteiger partial charge in [-0.1, -0.05) is 34.1 Å². The minimum atomic E-state index is -0.351. The normalized spacial score (nSPS) is 15.3. The summed E-state index contributed by atoms with van der Waals surface area (Å²) in [6.45, 7) is 1.29. The molecule has 3 rings (SSSR count). The van der Waals surface area contributed by atoms with Crippen molar-refractivity contribution in [2.24, 2.45) is 5.73 Å². The van der Waals surface area contributed by atoms with E-state index in [1.165, 1.54) is 23.3 Å². The van der Waals surface area contributed by atoms with E-state index in [1.807, 2.05) is 18.2 Å². The smallest absolute Gasteiger partial charge is 0.123 e. The van der Waals surface area contributed by atoms with Gasteiger partial charge in [-0.3, -0.25) is 0 Å². The Morgan fingerprint density at radius 2 is 1.89 bits per heavy atom. The van der Waals surface area contributed by atoms with Crippen molar-refractivity contribution in [1.29, 1.82) is 0 Å². The van der Waals surface area contributed by atoms with Crippen molar-refractivity contribution in [1.82, 2.24) is 0 Å². The van der Waals surface area contributed by atoms with Gasteiger partial charge in [0, 0.05) is 4.47 Å². The summed E-state index contributed by atoms with van der Waals surface area (Å²) < 4.78 is 19.6. The maximum atomic E-state index is 13.3. The molecule has 4 heteroatoms. The van der Waals surface area contributed by atoms with Crippen LogP contribution in [0.4, 0.5) is 4.39 Å². The molecule has 2 aromatic carbocycles. The molecule has 0 spiro atoms. The van der Waals surface area contributed by atoms with Crippen LogP contribution in [-0.2, 0) is 18.0 Å². The molecule has 19 heavy (non-hydrogen) atoms. The SMILES string of the molecule is NC(c1ccc2c(c1)COC2)c1cc(F)ccc1Br. The van der Waals surface area contributed by atoms with Crippen molar-refractivity contribution in [3.05, 3.63) is 68.9 Å². The van der Waals surface area contributed by atoms with Crippen molar-refractivity contribution in [2.75, 3.05) is 0 Å². The molecule has 0 saturated carbocycles. The van der Waals surface area contributed by atoms with Crippen LogP contribution in [0.5, 0.6) is 0 Å². The lowest BCUT2D eigenvalue weighted by atomic mass is 9.96. The first-order valence-corrected chi connectivity index (χ1v) is 6.84. The first kappa shape index (κ1) is 12.8. The molecule has 0 amide bonds. The highest BCUT2D eigenvalue weighted by atomic mass is 79.9. The fourth-order valence-corrected chi connectivity index (χ4v) is 2.81. The second-order valence-corrected chi connectivity index (χ2v) is 5.52. The number of hydrogen-bond donors (Lipinski definition) is 1. The quantitative estimate of drug-likeness (QED) is 0.916. The monoisotopic (exact) mass is 321 g/mol. The highest BCUT2D eigenvalue weighted by Gasteiger charge is 2.17. The van der Waals surface area contributed by atoms with Gasteiger partial charge in [0.2, 0.25) is 0 Å². The molecule has 0 aliphatic carbocycles. The summed E-state index contributed by atoms with van der Waals surface area (Å²) in [6, 6.07) is 10.3.